The third-order valence-electron chi connectivity index (χ3n) is 3.01. The molecule has 0 radical (unpaired) electrons. The number of hydrogen-bond acceptors (Lipinski definition) is 3. The van der Waals surface area contributed by atoms with Crippen molar-refractivity contribution in [1.29, 1.82) is 0 Å². The fraction of sp³-hybridized carbons (Fsp3) is 0.500. The van der Waals surface area contributed by atoms with Gasteiger partial charge in [-0.2, -0.15) is 0 Å². The number of hydrogen-bond donors (Lipinski definition) is 1. The van der Waals surface area contributed by atoms with Crippen LogP contribution in [0.4, 0.5) is 4.79 Å². The van der Waals surface area contributed by atoms with E-state index in [1.165, 1.54) is 5.56 Å². The molecule has 0 aliphatic heterocycles. The normalized spacial score (nSPS) is 12.5. The van der Waals surface area contributed by atoms with Gasteiger partial charge in [0.1, 0.15) is 5.60 Å². The largest absolute Gasteiger partial charge is 0.444 e. The third kappa shape index (κ3) is 8.18. The van der Waals surface area contributed by atoms with E-state index in [1.54, 1.807) is 6.08 Å². The number of benzene rings is 1. The van der Waals surface area contributed by atoms with E-state index in [-0.39, 0.29) is 6.04 Å². The monoisotopic (exact) mass is 383 g/mol. The van der Waals surface area contributed by atoms with Gasteiger partial charge in [-0.15, -0.1) is 6.58 Å². The molecular weight excluding hydrogens is 358 g/mol. The topological polar surface area (TPSA) is 47.6 Å². The molecule has 4 nitrogen and oxygen atoms in total. The highest BCUT2D eigenvalue weighted by Gasteiger charge is 2.19. The molecule has 0 saturated carbocycles. The Morgan fingerprint density at radius 1 is 1.35 bits per heavy atom. The minimum atomic E-state index is -0.515. The second-order valence-electron chi connectivity index (χ2n) is 6.28. The SMILES string of the molecule is C=CC[C@H](COCc1ccccc1CBr)NC(=O)OC(C)(C)C. The first-order valence-electron chi connectivity index (χ1n) is 7.66. The van der Waals surface area contributed by atoms with Crippen molar-refractivity contribution in [2.24, 2.45) is 0 Å². The molecule has 0 bridgehead atoms. The standard InChI is InChI=1S/C18H26BrNO3/c1-5-8-16(20-17(21)23-18(2,3)4)13-22-12-15-10-7-6-9-14(15)11-19/h5-7,9-10,16H,1,8,11-13H2,2-4H3,(H,20,21)/t16-/m1/s1. The van der Waals surface area contributed by atoms with Gasteiger partial charge in [-0.1, -0.05) is 46.3 Å². The Labute approximate surface area is 147 Å². The van der Waals surface area contributed by atoms with E-state index in [9.17, 15) is 4.79 Å². The number of nitrogens with one attached hydrogen (secondary N) is 1. The van der Waals surface area contributed by atoms with Crippen molar-refractivity contribution < 1.29 is 14.3 Å². The van der Waals surface area contributed by atoms with Crippen molar-refractivity contribution >= 4 is 22.0 Å². The summed E-state index contributed by atoms with van der Waals surface area (Å²) < 4.78 is 11.0. The van der Waals surface area contributed by atoms with Gasteiger partial charge in [-0.25, -0.2) is 4.79 Å². The molecule has 23 heavy (non-hydrogen) atoms. The summed E-state index contributed by atoms with van der Waals surface area (Å²) in [5.74, 6) is 0. The second kappa shape index (κ2) is 9.73. The van der Waals surface area contributed by atoms with Crippen LogP contribution in [-0.2, 0) is 21.4 Å². The van der Waals surface area contributed by atoms with Crippen molar-refractivity contribution in [2.45, 2.75) is 50.8 Å². The molecule has 0 aliphatic rings. The molecule has 0 aliphatic carbocycles. The summed E-state index contributed by atoms with van der Waals surface area (Å²) in [4.78, 5) is 11.8. The lowest BCUT2D eigenvalue weighted by molar-refractivity contribution is 0.0431. The van der Waals surface area contributed by atoms with Crippen LogP contribution in [0.2, 0.25) is 0 Å². The quantitative estimate of drug-likeness (QED) is 0.528. The van der Waals surface area contributed by atoms with Crippen molar-refractivity contribution in [3.8, 4) is 0 Å². The van der Waals surface area contributed by atoms with Crippen molar-refractivity contribution in [3.05, 3.63) is 48.0 Å². The number of halogens is 1. The van der Waals surface area contributed by atoms with Crippen LogP contribution in [0.1, 0.15) is 38.3 Å². The molecule has 1 rings (SSSR count). The fourth-order valence-electron chi connectivity index (χ4n) is 1.98. The minimum absolute atomic E-state index is 0.154. The summed E-state index contributed by atoms with van der Waals surface area (Å²) in [7, 11) is 0. The van der Waals surface area contributed by atoms with Gasteiger partial charge in [0.2, 0.25) is 0 Å². The molecule has 128 valence electrons. The highest BCUT2D eigenvalue weighted by atomic mass is 79.9. The van der Waals surface area contributed by atoms with Crippen molar-refractivity contribution in [3.63, 3.8) is 0 Å². The molecule has 1 amide bonds. The third-order valence-corrected chi connectivity index (χ3v) is 3.62. The Morgan fingerprint density at radius 2 is 2.00 bits per heavy atom. The Kier molecular flexibility index (Phi) is 8.34. The number of rotatable bonds is 8. The lowest BCUT2D eigenvalue weighted by Gasteiger charge is -2.23. The molecule has 0 heterocycles. The zero-order chi connectivity index (χ0) is 17.3. The first kappa shape index (κ1) is 19.7. The average molecular weight is 384 g/mol. The number of alkyl halides is 1. The molecular formula is C18H26BrNO3. The van der Waals surface area contributed by atoms with Gasteiger partial charge in [-0.05, 0) is 38.3 Å². The number of ether oxygens (including phenoxy) is 2. The lowest BCUT2D eigenvalue weighted by atomic mass is 10.1. The molecule has 1 atom stereocenters. The molecule has 1 aromatic carbocycles. The van der Waals surface area contributed by atoms with E-state index in [0.29, 0.717) is 19.6 Å². The molecule has 5 heteroatoms. The minimum Gasteiger partial charge on any atom is -0.444 e. The lowest BCUT2D eigenvalue weighted by Crippen LogP contribution is -2.41. The van der Waals surface area contributed by atoms with Gasteiger partial charge in [0.05, 0.1) is 19.3 Å². The van der Waals surface area contributed by atoms with Gasteiger partial charge < -0.3 is 14.8 Å². The zero-order valence-corrected chi connectivity index (χ0v) is 15.7. The molecule has 0 spiro atoms. The second-order valence-corrected chi connectivity index (χ2v) is 6.85. The van der Waals surface area contributed by atoms with E-state index in [4.69, 9.17) is 9.47 Å². The van der Waals surface area contributed by atoms with E-state index in [0.717, 1.165) is 10.9 Å². The molecule has 0 unspecified atom stereocenters. The van der Waals surface area contributed by atoms with E-state index in [2.05, 4.69) is 33.9 Å². The Balaban J connectivity index is 2.50. The number of carbonyl (C=O) groups is 1. The Morgan fingerprint density at radius 3 is 2.57 bits per heavy atom. The summed E-state index contributed by atoms with van der Waals surface area (Å²) in [5.41, 5.74) is 1.82. The van der Waals surface area contributed by atoms with Gasteiger partial charge in [-0.3, -0.25) is 0 Å². The van der Waals surface area contributed by atoms with Crippen LogP contribution in [0.5, 0.6) is 0 Å². The van der Waals surface area contributed by atoms with Crippen LogP contribution < -0.4 is 5.32 Å². The first-order chi connectivity index (χ1) is 10.9. The summed E-state index contributed by atoms with van der Waals surface area (Å²) in [5, 5.41) is 3.61. The van der Waals surface area contributed by atoms with Gasteiger partial charge in [0, 0.05) is 5.33 Å². The van der Waals surface area contributed by atoms with Crippen LogP contribution in [0.3, 0.4) is 0 Å². The molecule has 1 aromatic rings. The van der Waals surface area contributed by atoms with Gasteiger partial charge in [0.25, 0.3) is 0 Å². The summed E-state index contributed by atoms with van der Waals surface area (Å²) in [6.45, 7) is 10.1. The van der Waals surface area contributed by atoms with Crippen molar-refractivity contribution in [2.75, 3.05) is 6.61 Å². The average Bonchev–Trinajstić information content (AvgIpc) is 2.46. The van der Waals surface area contributed by atoms with Crippen molar-refractivity contribution in [1.82, 2.24) is 5.32 Å². The Bertz CT molecular complexity index is 511. The summed E-state index contributed by atoms with van der Waals surface area (Å²) >= 11 is 3.47. The van der Waals surface area contributed by atoms with E-state index < -0.39 is 11.7 Å². The maximum atomic E-state index is 11.8. The van der Waals surface area contributed by atoms with Gasteiger partial charge in [0.15, 0.2) is 0 Å². The zero-order valence-electron chi connectivity index (χ0n) is 14.1. The molecule has 1 N–H and O–H groups in total. The predicted molar refractivity (Wildman–Crippen MR) is 96.7 cm³/mol. The first-order valence-corrected chi connectivity index (χ1v) is 8.78. The number of alkyl carbamates (subject to hydrolysis) is 1. The van der Waals surface area contributed by atoms with Crippen LogP contribution in [-0.4, -0.2) is 24.3 Å². The highest BCUT2D eigenvalue weighted by Crippen LogP contribution is 2.14. The van der Waals surface area contributed by atoms with E-state index in [1.807, 2.05) is 39.0 Å². The molecule has 0 aromatic heterocycles. The molecule has 0 saturated heterocycles. The smallest absolute Gasteiger partial charge is 0.407 e. The van der Waals surface area contributed by atoms with Crippen LogP contribution in [0.15, 0.2) is 36.9 Å². The summed E-state index contributed by atoms with van der Waals surface area (Å²) in [6.07, 6.45) is 1.95. The van der Waals surface area contributed by atoms with E-state index >= 15 is 0 Å². The molecule has 0 fully saturated rings. The summed E-state index contributed by atoms with van der Waals surface area (Å²) in [6, 6.07) is 7.95. The fourth-order valence-corrected chi connectivity index (χ4v) is 2.53. The van der Waals surface area contributed by atoms with Gasteiger partial charge >= 0.3 is 6.09 Å². The van der Waals surface area contributed by atoms with Crippen LogP contribution in [0, 0.1) is 0 Å². The maximum absolute atomic E-state index is 11.8. The predicted octanol–water partition coefficient (Wildman–Crippen LogP) is 4.57. The highest BCUT2D eigenvalue weighted by molar-refractivity contribution is 9.08. The Hall–Kier alpha value is -1.33. The number of amides is 1. The maximum Gasteiger partial charge on any atom is 0.407 e. The van der Waals surface area contributed by atoms with Crippen LogP contribution >= 0.6 is 15.9 Å². The van der Waals surface area contributed by atoms with Crippen LogP contribution in [0.25, 0.3) is 0 Å². The number of carbonyl (C=O) groups excluding carboxylic acids is 1.